The quantitative estimate of drug-likeness (QED) is 0.872. The van der Waals surface area contributed by atoms with Gasteiger partial charge in [0.05, 0.1) is 5.69 Å². The minimum Gasteiger partial charge on any atom is -0.345 e. The molecule has 4 nitrogen and oxygen atoms in total. The molecule has 0 saturated carbocycles. The summed E-state index contributed by atoms with van der Waals surface area (Å²) in [5.41, 5.74) is 3.38. The number of rotatable bonds is 6. The SMILES string of the molecule is CCCc1[nH]c([C@H]2CC(=O)N(CC(C)C)C2)nc1-c1ccccc1. The Morgan fingerprint density at radius 3 is 2.71 bits per heavy atom. The van der Waals surface area contributed by atoms with Crippen LogP contribution in [0.4, 0.5) is 0 Å². The van der Waals surface area contributed by atoms with Gasteiger partial charge in [0.25, 0.3) is 0 Å². The average molecular weight is 325 g/mol. The molecule has 0 bridgehead atoms. The second-order valence-electron chi connectivity index (χ2n) is 7.16. The van der Waals surface area contributed by atoms with Gasteiger partial charge in [0, 0.05) is 36.7 Å². The molecule has 1 aliphatic heterocycles. The third-order valence-corrected chi connectivity index (χ3v) is 4.53. The van der Waals surface area contributed by atoms with Crippen LogP contribution in [0.25, 0.3) is 11.3 Å². The fraction of sp³-hybridized carbons (Fsp3) is 0.500. The van der Waals surface area contributed by atoms with Crippen molar-refractivity contribution in [2.24, 2.45) is 5.92 Å². The fourth-order valence-corrected chi connectivity index (χ4v) is 3.46. The van der Waals surface area contributed by atoms with Gasteiger partial charge < -0.3 is 9.88 Å². The first-order valence-electron chi connectivity index (χ1n) is 9.00. The van der Waals surface area contributed by atoms with Gasteiger partial charge in [0.1, 0.15) is 5.82 Å². The van der Waals surface area contributed by atoms with E-state index >= 15 is 0 Å². The number of hydrogen-bond acceptors (Lipinski definition) is 2. The molecule has 3 rings (SSSR count). The molecule has 1 aromatic carbocycles. The molecule has 1 atom stereocenters. The molecule has 4 heteroatoms. The first-order chi connectivity index (χ1) is 11.6. The summed E-state index contributed by atoms with van der Waals surface area (Å²) in [7, 11) is 0. The molecule has 1 saturated heterocycles. The summed E-state index contributed by atoms with van der Waals surface area (Å²) in [5.74, 6) is 1.91. The molecular weight excluding hydrogens is 298 g/mol. The van der Waals surface area contributed by atoms with E-state index in [0.717, 1.165) is 43.0 Å². The molecule has 128 valence electrons. The first kappa shape index (κ1) is 16.7. The number of likely N-dealkylation sites (tertiary alicyclic amines) is 1. The number of imidazole rings is 1. The predicted octanol–water partition coefficient (Wildman–Crippen LogP) is 4.00. The lowest BCUT2D eigenvalue weighted by molar-refractivity contribution is -0.128. The maximum absolute atomic E-state index is 12.3. The van der Waals surface area contributed by atoms with Crippen LogP contribution in [0.1, 0.15) is 51.0 Å². The predicted molar refractivity (Wildman–Crippen MR) is 96.8 cm³/mol. The van der Waals surface area contributed by atoms with Crippen molar-refractivity contribution >= 4 is 5.91 Å². The molecule has 2 aromatic rings. The minimum absolute atomic E-state index is 0.185. The van der Waals surface area contributed by atoms with Crippen molar-refractivity contribution in [2.75, 3.05) is 13.1 Å². The zero-order chi connectivity index (χ0) is 17.1. The van der Waals surface area contributed by atoms with Crippen LogP contribution in [-0.4, -0.2) is 33.9 Å². The van der Waals surface area contributed by atoms with Gasteiger partial charge in [0.15, 0.2) is 0 Å². The lowest BCUT2D eigenvalue weighted by Gasteiger charge is -2.18. The minimum atomic E-state index is 0.185. The zero-order valence-electron chi connectivity index (χ0n) is 14.9. The molecule has 24 heavy (non-hydrogen) atoms. The van der Waals surface area contributed by atoms with Crippen LogP contribution >= 0.6 is 0 Å². The summed E-state index contributed by atoms with van der Waals surface area (Å²) >= 11 is 0. The third kappa shape index (κ3) is 3.53. The normalized spacial score (nSPS) is 17.9. The number of H-pyrrole nitrogens is 1. The first-order valence-corrected chi connectivity index (χ1v) is 9.00. The van der Waals surface area contributed by atoms with E-state index in [0.29, 0.717) is 12.3 Å². The molecular formula is C20H27N3O. The van der Waals surface area contributed by atoms with Crippen molar-refractivity contribution in [2.45, 2.75) is 46.0 Å². The maximum Gasteiger partial charge on any atom is 0.223 e. The van der Waals surface area contributed by atoms with Crippen molar-refractivity contribution in [3.05, 3.63) is 41.9 Å². The van der Waals surface area contributed by atoms with E-state index < -0.39 is 0 Å². The summed E-state index contributed by atoms with van der Waals surface area (Å²) in [6.45, 7) is 8.10. The Kier molecular flexibility index (Phi) is 5.03. The van der Waals surface area contributed by atoms with Gasteiger partial charge in [-0.3, -0.25) is 4.79 Å². The number of carbonyl (C=O) groups is 1. The second kappa shape index (κ2) is 7.20. The lowest BCUT2D eigenvalue weighted by atomic mass is 10.1. The number of aromatic nitrogens is 2. The number of benzene rings is 1. The number of aryl methyl sites for hydroxylation is 1. The fourth-order valence-electron chi connectivity index (χ4n) is 3.46. The van der Waals surface area contributed by atoms with E-state index in [4.69, 9.17) is 4.98 Å². The largest absolute Gasteiger partial charge is 0.345 e. The highest BCUT2D eigenvalue weighted by Crippen LogP contribution is 2.31. The Morgan fingerprint density at radius 1 is 1.29 bits per heavy atom. The van der Waals surface area contributed by atoms with Gasteiger partial charge >= 0.3 is 0 Å². The Hall–Kier alpha value is -2.10. The number of amides is 1. The topological polar surface area (TPSA) is 49.0 Å². The van der Waals surface area contributed by atoms with E-state index in [9.17, 15) is 4.79 Å². The number of carbonyl (C=O) groups excluding carboxylic acids is 1. The Bertz CT molecular complexity index is 690. The number of aromatic amines is 1. The highest BCUT2D eigenvalue weighted by Gasteiger charge is 2.33. The van der Waals surface area contributed by atoms with E-state index in [1.807, 2.05) is 23.1 Å². The smallest absolute Gasteiger partial charge is 0.223 e. The van der Waals surface area contributed by atoms with Crippen molar-refractivity contribution in [3.63, 3.8) is 0 Å². The number of nitrogens with one attached hydrogen (secondary N) is 1. The maximum atomic E-state index is 12.3. The number of hydrogen-bond donors (Lipinski definition) is 1. The van der Waals surface area contributed by atoms with Crippen molar-refractivity contribution in [3.8, 4) is 11.3 Å². The molecule has 0 aliphatic carbocycles. The van der Waals surface area contributed by atoms with Crippen molar-refractivity contribution in [1.29, 1.82) is 0 Å². The lowest BCUT2D eigenvalue weighted by Crippen LogP contribution is -2.29. The Morgan fingerprint density at radius 2 is 2.04 bits per heavy atom. The highest BCUT2D eigenvalue weighted by atomic mass is 16.2. The second-order valence-corrected chi connectivity index (χ2v) is 7.16. The van der Waals surface area contributed by atoms with Gasteiger partial charge in [-0.15, -0.1) is 0 Å². The monoisotopic (exact) mass is 325 g/mol. The van der Waals surface area contributed by atoms with Gasteiger partial charge in [-0.2, -0.15) is 0 Å². The van der Waals surface area contributed by atoms with Crippen LogP contribution in [0.15, 0.2) is 30.3 Å². The molecule has 0 spiro atoms. The molecule has 1 aliphatic rings. The van der Waals surface area contributed by atoms with Gasteiger partial charge in [-0.25, -0.2) is 4.98 Å². The van der Waals surface area contributed by atoms with E-state index in [2.05, 4.69) is 37.9 Å². The van der Waals surface area contributed by atoms with Crippen LogP contribution in [0.2, 0.25) is 0 Å². The number of nitrogens with zero attached hydrogens (tertiary/aromatic N) is 2. The average Bonchev–Trinajstić information content (AvgIpc) is 3.13. The summed E-state index contributed by atoms with van der Waals surface area (Å²) in [4.78, 5) is 22.7. The van der Waals surface area contributed by atoms with Gasteiger partial charge in [0.2, 0.25) is 5.91 Å². The van der Waals surface area contributed by atoms with Crippen molar-refractivity contribution < 1.29 is 4.79 Å². The third-order valence-electron chi connectivity index (χ3n) is 4.53. The zero-order valence-corrected chi connectivity index (χ0v) is 14.9. The van der Waals surface area contributed by atoms with Crippen LogP contribution in [0.5, 0.6) is 0 Å². The highest BCUT2D eigenvalue weighted by molar-refractivity contribution is 5.79. The summed E-state index contributed by atoms with van der Waals surface area (Å²) in [6.07, 6.45) is 2.62. The molecule has 0 radical (unpaired) electrons. The molecule has 1 fully saturated rings. The van der Waals surface area contributed by atoms with Gasteiger partial charge in [-0.05, 0) is 12.3 Å². The summed E-state index contributed by atoms with van der Waals surface area (Å²) in [6, 6.07) is 10.3. The Labute approximate surface area is 144 Å². The Balaban J connectivity index is 1.86. The van der Waals surface area contributed by atoms with E-state index in [-0.39, 0.29) is 11.8 Å². The van der Waals surface area contributed by atoms with Crippen LogP contribution in [0.3, 0.4) is 0 Å². The molecule has 1 amide bonds. The van der Waals surface area contributed by atoms with E-state index in [1.54, 1.807) is 0 Å². The van der Waals surface area contributed by atoms with E-state index in [1.165, 1.54) is 5.69 Å². The van der Waals surface area contributed by atoms with Gasteiger partial charge in [-0.1, -0.05) is 57.5 Å². The van der Waals surface area contributed by atoms with Crippen LogP contribution < -0.4 is 0 Å². The molecule has 1 aromatic heterocycles. The van der Waals surface area contributed by atoms with Crippen LogP contribution in [-0.2, 0) is 11.2 Å². The van der Waals surface area contributed by atoms with Crippen LogP contribution in [0, 0.1) is 5.92 Å². The molecule has 1 N–H and O–H groups in total. The standard InChI is InChI=1S/C20H27N3O/c1-4-8-17-19(15-9-6-5-7-10-15)22-20(21-17)16-11-18(24)23(13-16)12-14(2)3/h5-7,9-10,14,16H,4,8,11-13H2,1-3H3,(H,21,22)/t16-/m0/s1. The summed E-state index contributed by atoms with van der Waals surface area (Å²) in [5, 5.41) is 0. The molecule has 2 heterocycles. The molecule has 0 unspecified atom stereocenters. The summed E-state index contributed by atoms with van der Waals surface area (Å²) < 4.78 is 0. The van der Waals surface area contributed by atoms with Crippen molar-refractivity contribution in [1.82, 2.24) is 14.9 Å².